The molecular formula is C10H18ClNO. The van der Waals surface area contributed by atoms with Crippen molar-refractivity contribution >= 4 is 17.5 Å². The van der Waals surface area contributed by atoms with E-state index in [0.717, 1.165) is 19.4 Å². The molecule has 0 atom stereocenters. The van der Waals surface area contributed by atoms with E-state index in [-0.39, 0.29) is 16.7 Å². The molecule has 1 rings (SSSR count). The number of amides is 1. The second kappa shape index (κ2) is 3.49. The summed E-state index contributed by atoms with van der Waals surface area (Å²) in [5.41, 5.74) is -0.0646. The van der Waals surface area contributed by atoms with Gasteiger partial charge < -0.3 is 5.32 Å². The zero-order valence-corrected chi connectivity index (χ0v) is 9.37. The molecule has 0 heterocycles. The summed E-state index contributed by atoms with van der Waals surface area (Å²) >= 11 is 5.80. The Hall–Kier alpha value is -0.240. The van der Waals surface area contributed by atoms with Gasteiger partial charge in [0.25, 0.3) is 0 Å². The molecule has 3 heteroatoms. The minimum absolute atomic E-state index is 0.115. The minimum atomic E-state index is -0.289. The third kappa shape index (κ3) is 2.87. The molecule has 0 spiro atoms. The summed E-state index contributed by atoms with van der Waals surface area (Å²) in [4.78, 5) is 11.5. The van der Waals surface area contributed by atoms with E-state index in [1.165, 1.54) is 0 Å². The van der Waals surface area contributed by atoms with Crippen molar-refractivity contribution < 1.29 is 4.79 Å². The average molecular weight is 204 g/mol. The highest BCUT2D eigenvalue weighted by Gasteiger charge is 2.42. The molecule has 1 fully saturated rings. The van der Waals surface area contributed by atoms with Crippen LogP contribution in [0.4, 0.5) is 0 Å². The Labute approximate surface area is 85.0 Å². The van der Waals surface area contributed by atoms with E-state index in [4.69, 9.17) is 11.6 Å². The Kier molecular flexibility index (Phi) is 2.91. The normalized spacial score (nSPS) is 19.7. The van der Waals surface area contributed by atoms with Crippen LogP contribution in [0.15, 0.2) is 0 Å². The van der Waals surface area contributed by atoms with Gasteiger partial charge in [0, 0.05) is 23.3 Å². The Morgan fingerprint density at radius 2 is 2.00 bits per heavy atom. The predicted octanol–water partition coefficient (Wildman–Crippen LogP) is 2.17. The van der Waals surface area contributed by atoms with Crippen LogP contribution in [0.1, 0.15) is 33.6 Å². The van der Waals surface area contributed by atoms with Gasteiger partial charge in [-0.05, 0) is 12.8 Å². The fourth-order valence-corrected chi connectivity index (χ4v) is 1.43. The van der Waals surface area contributed by atoms with Crippen LogP contribution in [0.3, 0.4) is 0 Å². The number of hydrogen-bond donors (Lipinski definition) is 1. The standard InChI is InChI=1S/C10H18ClNO/c1-9(2,3)8(13)12-7-10(6-11)4-5-10/h4-7H2,1-3H3,(H,12,13). The van der Waals surface area contributed by atoms with Crippen LogP contribution in [-0.4, -0.2) is 18.3 Å². The van der Waals surface area contributed by atoms with E-state index >= 15 is 0 Å². The van der Waals surface area contributed by atoms with Crippen LogP contribution >= 0.6 is 11.6 Å². The quantitative estimate of drug-likeness (QED) is 0.700. The second-order valence-corrected chi connectivity index (χ2v) is 5.33. The zero-order chi connectivity index (χ0) is 10.1. The highest BCUT2D eigenvalue weighted by Crippen LogP contribution is 2.45. The Morgan fingerprint density at radius 3 is 2.31 bits per heavy atom. The third-order valence-electron chi connectivity index (χ3n) is 2.55. The SMILES string of the molecule is CC(C)(C)C(=O)NCC1(CCl)CC1. The molecule has 0 saturated heterocycles. The maximum Gasteiger partial charge on any atom is 0.225 e. The second-order valence-electron chi connectivity index (χ2n) is 5.07. The van der Waals surface area contributed by atoms with Crippen molar-refractivity contribution in [3.05, 3.63) is 0 Å². The van der Waals surface area contributed by atoms with E-state index in [2.05, 4.69) is 5.32 Å². The Bertz CT molecular complexity index is 203. The number of rotatable bonds is 3. The fourth-order valence-electron chi connectivity index (χ4n) is 1.07. The summed E-state index contributed by atoms with van der Waals surface area (Å²) in [6.45, 7) is 6.50. The van der Waals surface area contributed by atoms with Gasteiger partial charge >= 0.3 is 0 Å². The monoisotopic (exact) mass is 203 g/mol. The van der Waals surface area contributed by atoms with E-state index < -0.39 is 0 Å². The molecule has 0 unspecified atom stereocenters. The highest BCUT2D eigenvalue weighted by atomic mass is 35.5. The minimum Gasteiger partial charge on any atom is -0.355 e. The van der Waals surface area contributed by atoms with Gasteiger partial charge in [0.2, 0.25) is 5.91 Å². The summed E-state index contributed by atoms with van der Waals surface area (Å²) in [7, 11) is 0. The third-order valence-corrected chi connectivity index (χ3v) is 3.11. The maximum atomic E-state index is 11.5. The Morgan fingerprint density at radius 1 is 1.46 bits per heavy atom. The lowest BCUT2D eigenvalue weighted by molar-refractivity contribution is -0.128. The zero-order valence-electron chi connectivity index (χ0n) is 8.61. The van der Waals surface area contributed by atoms with Gasteiger partial charge in [-0.3, -0.25) is 4.79 Å². The highest BCUT2D eigenvalue weighted by molar-refractivity contribution is 6.18. The summed E-state index contributed by atoms with van der Waals surface area (Å²) < 4.78 is 0. The van der Waals surface area contributed by atoms with Crippen molar-refractivity contribution in [1.29, 1.82) is 0 Å². The van der Waals surface area contributed by atoms with E-state index in [9.17, 15) is 4.79 Å². The molecule has 0 aliphatic heterocycles. The summed E-state index contributed by atoms with van der Waals surface area (Å²) in [6.07, 6.45) is 2.31. The first-order valence-electron chi connectivity index (χ1n) is 4.74. The molecule has 0 aromatic heterocycles. The van der Waals surface area contributed by atoms with E-state index in [1.54, 1.807) is 0 Å². The van der Waals surface area contributed by atoms with Crippen molar-refractivity contribution in [2.24, 2.45) is 10.8 Å². The maximum absolute atomic E-state index is 11.5. The van der Waals surface area contributed by atoms with Crippen LogP contribution in [0.5, 0.6) is 0 Å². The van der Waals surface area contributed by atoms with Crippen molar-refractivity contribution in [2.75, 3.05) is 12.4 Å². The van der Waals surface area contributed by atoms with Gasteiger partial charge in [-0.1, -0.05) is 20.8 Å². The van der Waals surface area contributed by atoms with Crippen molar-refractivity contribution in [2.45, 2.75) is 33.6 Å². The molecule has 1 N–H and O–H groups in total. The fraction of sp³-hybridized carbons (Fsp3) is 0.900. The number of nitrogens with one attached hydrogen (secondary N) is 1. The van der Waals surface area contributed by atoms with Crippen LogP contribution in [-0.2, 0) is 4.79 Å². The number of hydrogen-bond acceptors (Lipinski definition) is 1. The number of alkyl halides is 1. The van der Waals surface area contributed by atoms with Gasteiger partial charge in [0.1, 0.15) is 0 Å². The first-order valence-corrected chi connectivity index (χ1v) is 5.27. The topological polar surface area (TPSA) is 29.1 Å². The smallest absolute Gasteiger partial charge is 0.225 e. The lowest BCUT2D eigenvalue weighted by Gasteiger charge is -2.20. The molecule has 1 saturated carbocycles. The lowest BCUT2D eigenvalue weighted by Crippen LogP contribution is -2.38. The molecule has 1 aliphatic carbocycles. The van der Waals surface area contributed by atoms with Gasteiger partial charge in [-0.15, -0.1) is 11.6 Å². The molecule has 0 aromatic carbocycles. The van der Waals surface area contributed by atoms with E-state index in [1.807, 2.05) is 20.8 Å². The summed E-state index contributed by atoms with van der Waals surface area (Å²) in [5.74, 6) is 0.779. The van der Waals surface area contributed by atoms with E-state index in [0.29, 0.717) is 5.88 Å². The van der Waals surface area contributed by atoms with Crippen LogP contribution in [0.2, 0.25) is 0 Å². The lowest BCUT2D eigenvalue weighted by atomic mass is 9.95. The van der Waals surface area contributed by atoms with Gasteiger partial charge in [-0.2, -0.15) is 0 Å². The molecular weight excluding hydrogens is 186 g/mol. The molecule has 1 aliphatic rings. The number of carbonyl (C=O) groups excluding carboxylic acids is 1. The number of carbonyl (C=O) groups is 1. The van der Waals surface area contributed by atoms with Gasteiger partial charge in [-0.25, -0.2) is 0 Å². The molecule has 0 bridgehead atoms. The first kappa shape index (κ1) is 10.8. The molecule has 0 aromatic rings. The first-order chi connectivity index (χ1) is 5.90. The summed E-state index contributed by atoms with van der Waals surface area (Å²) in [6, 6.07) is 0. The van der Waals surface area contributed by atoms with Crippen LogP contribution < -0.4 is 5.32 Å². The number of halogens is 1. The van der Waals surface area contributed by atoms with Crippen molar-refractivity contribution in [3.63, 3.8) is 0 Å². The predicted molar refractivity (Wildman–Crippen MR) is 54.9 cm³/mol. The summed E-state index contributed by atoms with van der Waals surface area (Å²) in [5, 5.41) is 2.95. The average Bonchev–Trinajstić information content (AvgIpc) is 2.79. The molecule has 13 heavy (non-hydrogen) atoms. The Balaban J connectivity index is 2.31. The molecule has 0 radical (unpaired) electrons. The van der Waals surface area contributed by atoms with Crippen molar-refractivity contribution in [1.82, 2.24) is 5.32 Å². The van der Waals surface area contributed by atoms with Gasteiger partial charge in [0.05, 0.1) is 0 Å². The van der Waals surface area contributed by atoms with Crippen LogP contribution in [0.25, 0.3) is 0 Å². The van der Waals surface area contributed by atoms with Gasteiger partial charge in [0.15, 0.2) is 0 Å². The molecule has 1 amide bonds. The van der Waals surface area contributed by atoms with Crippen LogP contribution in [0, 0.1) is 10.8 Å². The largest absolute Gasteiger partial charge is 0.355 e. The van der Waals surface area contributed by atoms with Crippen molar-refractivity contribution in [3.8, 4) is 0 Å². The molecule has 2 nitrogen and oxygen atoms in total. The molecule has 76 valence electrons.